The van der Waals surface area contributed by atoms with Crippen molar-refractivity contribution in [2.75, 3.05) is 20.2 Å². The van der Waals surface area contributed by atoms with Gasteiger partial charge in [0.1, 0.15) is 11.4 Å². The summed E-state index contributed by atoms with van der Waals surface area (Å²) in [4.78, 5) is 15.0. The second kappa shape index (κ2) is 8.71. The first-order chi connectivity index (χ1) is 14.5. The van der Waals surface area contributed by atoms with E-state index < -0.39 is 0 Å². The third kappa shape index (κ3) is 4.38. The molecule has 1 aromatic carbocycles. The smallest absolute Gasteiger partial charge is 0.272 e. The highest BCUT2D eigenvalue weighted by Crippen LogP contribution is 2.27. The summed E-state index contributed by atoms with van der Waals surface area (Å²) in [6.45, 7) is 5.31. The Labute approximate surface area is 176 Å². The van der Waals surface area contributed by atoms with Crippen molar-refractivity contribution in [2.24, 2.45) is 7.05 Å². The van der Waals surface area contributed by atoms with Crippen molar-refractivity contribution >= 4 is 5.91 Å². The molecule has 0 radical (unpaired) electrons. The lowest BCUT2D eigenvalue weighted by atomic mass is 10.0. The maximum Gasteiger partial charge on any atom is 0.272 e. The molecule has 1 aliphatic heterocycles. The number of rotatable bonds is 7. The third-order valence-electron chi connectivity index (χ3n) is 5.68. The van der Waals surface area contributed by atoms with E-state index in [0.717, 1.165) is 48.8 Å². The molecule has 8 heteroatoms. The van der Waals surface area contributed by atoms with Crippen molar-refractivity contribution in [3.05, 3.63) is 64.7 Å². The van der Waals surface area contributed by atoms with Crippen molar-refractivity contribution in [1.29, 1.82) is 0 Å². The van der Waals surface area contributed by atoms with Crippen LogP contribution in [0.5, 0.6) is 5.75 Å². The number of hydrogen-bond donors (Lipinski definition) is 2. The zero-order chi connectivity index (χ0) is 21.1. The molecular weight excluding hydrogens is 380 g/mol. The van der Waals surface area contributed by atoms with Crippen LogP contribution in [0.4, 0.5) is 0 Å². The van der Waals surface area contributed by atoms with Gasteiger partial charge in [0.25, 0.3) is 5.91 Å². The van der Waals surface area contributed by atoms with Crippen LogP contribution in [-0.2, 0) is 20.1 Å². The second-order valence-corrected chi connectivity index (χ2v) is 7.84. The molecule has 158 valence electrons. The minimum atomic E-state index is -0.191. The number of amides is 1. The van der Waals surface area contributed by atoms with Crippen molar-refractivity contribution in [1.82, 2.24) is 30.2 Å². The fourth-order valence-corrected chi connectivity index (χ4v) is 4.05. The minimum absolute atomic E-state index is 0.191. The lowest BCUT2D eigenvalue weighted by Gasteiger charge is -2.14. The van der Waals surface area contributed by atoms with Gasteiger partial charge in [-0.25, -0.2) is 0 Å². The van der Waals surface area contributed by atoms with Gasteiger partial charge in [-0.05, 0) is 32.0 Å². The number of carbonyl (C=O) groups is 1. The summed E-state index contributed by atoms with van der Waals surface area (Å²) in [5, 5.41) is 14.7. The number of nitrogens with one attached hydrogen (secondary N) is 2. The van der Waals surface area contributed by atoms with E-state index in [4.69, 9.17) is 4.74 Å². The van der Waals surface area contributed by atoms with E-state index in [1.54, 1.807) is 7.11 Å². The highest BCUT2D eigenvalue weighted by Gasteiger charge is 2.26. The molecule has 1 aliphatic rings. The number of aryl methyl sites for hydroxylation is 2. The third-order valence-corrected chi connectivity index (χ3v) is 5.68. The summed E-state index contributed by atoms with van der Waals surface area (Å²) in [7, 11) is 3.58. The first-order valence-electron chi connectivity index (χ1n) is 10.2. The average molecular weight is 409 g/mol. The van der Waals surface area contributed by atoms with Crippen LogP contribution >= 0.6 is 0 Å². The Hall–Kier alpha value is -3.13. The number of likely N-dealkylation sites (tertiary alicyclic amines) is 1. The molecular formula is C22H28N6O2. The van der Waals surface area contributed by atoms with Gasteiger partial charge in [0.2, 0.25) is 0 Å². The Morgan fingerprint density at radius 3 is 2.93 bits per heavy atom. The SMILES string of the molecule is COc1ccccc1CNC(=O)c1cc(C2CCN(Cc3cn(C)nc3C)C2)[nH]n1. The number of ether oxygens (including phenoxy) is 1. The van der Waals surface area contributed by atoms with E-state index in [2.05, 4.69) is 31.7 Å². The highest BCUT2D eigenvalue weighted by atomic mass is 16.5. The summed E-state index contributed by atoms with van der Waals surface area (Å²) in [6, 6.07) is 9.53. The number of hydrogen-bond acceptors (Lipinski definition) is 5. The number of aromatic amines is 1. The Balaban J connectivity index is 1.33. The monoisotopic (exact) mass is 408 g/mol. The lowest BCUT2D eigenvalue weighted by Crippen LogP contribution is -2.23. The predicted molar refractivity (Wildman–Crippen MR) is 113 cm³/mol. The van der Waals surface area contributed by atoms with Crippen LogP contribution < -0.4 is 10.1 Å². The Morgan fingerprint density at radius 2 is 2.17 bits per heavy atom. The molecule has 1 amide bonds. The van der Waals surface area contributed by atoms with Gasteiger partial charge >= 0.3 is 0 Å². The van der Waals surface area contributed by atoms with E-state index in [1.165, 1.54) is 5.56 Å². The summed E-state index contributed by atoms with van der Waals surface area (Å²) in [5.41, 5.74) is 4.71. The number of methoxy groups -OCH3 is 1. The molecule has 0 aliphatic carbocycles. The number of H-pyrrole nitrogens is 1. The fraction of sp³-hybridized carbons (Fsp3) is 0.409. The molecule has 0 saturated carbocycles. The number of para-hydroxylation sites is 1. The van der Waals surface area contributed by atoms with Crippen LogP contribution in [0.25, 0.3) is 0 Å². The van der Waals surface area contributed by atoms with Crippen molar-refractivity contribution in [3.8, 4) is 5.75 Å². The summed E-state index contributed by atoms with van der Waals surface area (Å²) in [6.07, 6.45) is 3.13. The zero-order valence-corrected chi connectivity index (χ0v) is 17.7. The molecule has 0 spiro atoms. The first kappa shape index (κ1) is 20.2. The largest absolute Gasteiger partial charge is 0.496 e. The molecule has 0 bridgehead atoms. The average Bonchev–Trinajstić information content (AvgIpc) is 3.47. The van der Waals surface area contributed by atoms with Gasteiger partial charge in [0, 0.05) is 55.6 Å². The van der Waals surface area contributed by atoms with Gasteiger partial charge < -0.3 is 10.1 Å². The van der Waals surface area contributed by atoms with E-state index >= 15 is 0 Å². The second-order valence-electron chi connectivity index (χ2n) is 7.84. The number of nitrogens with zero attached hydrogens (tertiary/aromatic N) is 4. The number of carbonyl (C=O) groups excluding carboxylic acids is 1. The van der Waals surface area contributed by atoms with Gasteiger partial charge in [0.15, 0.2) is 0 Å². The molecule has 4 rings (SSSR count). The van der Waals surface area contributed by atoms with E-state index in [-0.39, 0.29) is 5.91 Å². The molecule has 1 fully saturated rings. The van der Waals surface area contributed by atoms with Gasteiger partial charge in [-0.3, -0.25) is 19.5 Å². The first-order valence-corrected chi connectivity index (χ1v) is 10.2. The van der Waals surface area contributed by atoms with Gasteiger partial charge in [-0.2, -0.15) is 10.2 Å². The molecule has 3 aromatic rings. The van der Waals surface area contributed by atoms with Gasteiger partial charge in [-0.1, -0.05) is 18.2 Å². The van der Waals surface area contributed by atoms with Crippen molar-refractivity contribution in [2.45, 2.75) is 32.4 Å². The van der Waals surface area contributed by atoms with Crippen LogP contribution in [0.2, 0.25) is 0 Å². The summed E-state index contributed by atoms with van der Waals surface area (Å²) >= 11 is 0. The van der Waals surface area contributed by atoms with E-state index in [1.807, 2.05) is 49.0 Å². The van der Waals surface area contributed by atoms with Crippen LogP contribution in [0, 0.1) is 6.92 Å². The van der Waals surface area contributed by atoms with Gasteiger partial charge in [0.05, 0.1) is 12.8 Å². The molecule has 30 heavy (non-hydrogen) atoms. The quantitative estimate of drug-likeness (QED) is 0.627. The predicted octanol–water partition coefficient (Wildman–Crippen LogP) is 2.38. The molecule has 1 saturated heterocycles. The summed E-state index contributed by atoms with van der Waals surface area (Å²) < 4.78 is 7.20. The Morgan fingerprint density at radius 1 is 1.33 bits per heavy atom. The van der Waals surface area contributed by atoms with E-state index in [9.17, 15) is 4.79 Å². The zero-order valence-electron chi connectivity index (χ0n) is 17.7. The van der Waals surface area contributed by atoms with Crippen LogP contribution in [0.3, 0.4) is 0 Å². The molecule has 2 N–H and O–H groups in total. The highest BCUT2D eigenvalue weighted by molar-refractivity contribution is 5.92. The molecule has 3 heterocycles. The molecule has 2 aromatic heterocycles. The number of benzene rings is 1. The van der Waals surface area contributed by atoms with Gasteiger partial charge in [-0.15, -0.1) is 0 Å². The van der Waals surface area contributed by atoms with Crippen LogP contribution in [-0.4, -0.2) is 51.0 Å². The van der Waals surface area contributed by atoms with Crippen molar-refractivity contribution < 1.29 is 9.53 Å². The van der Waals surface area contributed by atoms with Crippen molar-refractivity contribution in [3.63, 3.8) is 0 Å². The maximum absolute atomic E-state index is 12.5. The minimum Gasteiger partial charge on any atom is -0.496 e. The Bertz CT molecular complexity index is 1020. The normalized spacial score (nSPS) is 16.7. The molecule has 1 unspecified atom stereocenters. The fourth-order valence-electron chi connectivity index (χ4n) is 4.05. The standard InChI is InChI=1S/C22H28N6O2/c1-15-18(12-27(2)26-15)14-28-9-8-17(13-28)19-10-20(25-24-19)22(29)23-11-16-6-4-5-7-21(16)30-3/h4-7,10,12,17H,8-9,11,13-14H2,1-3H3,(H,23,29)(H,24,25). The molecule has 1 atom stereocenters. The van der Waals surface area contributed by atoms with Crippen LogP contribution in [0.15, 0.2) is 36.5 Å². The topological polar surface area (TPSA) is 88.1 Å². The summed E-state index contributed by atoms with van der Waals surface area (Å²) in [5.74, 6) is 0.921. The van der Waals surface area contributed by atoms with E-state index in [0.29, 0.717) is 18.2 Å². The Kier molecular flexibility index (Phi) is 5.85. The number of aromatic nitrogens is 4. The molecule has 8 nitrogen and oxygen atoms in total. The maximum atomic E-state index is 12.5. The van der Waals surface area contributed by atoms with Crippen LogP contribution in [0.1, 0.15) is 45.3 Å². The lowest BCUT2D eigenvalue weighted by molar-refractivity contribution is 0.0945.